The Morgan fingerprint density at radius 3 is 2.90 bits per heavy atom. The van der Waals surface area contributed by atoms with Crippen LogP contribution < -0.4 is 4.90 Å². The molecule has 2 heterocycles. The number of anilines is 1. The number of carboxylic acid groups (broad SMARTS) is 1. The molecule has 0 amide bonds. The number of aryl methyl sites for hydroxylation is 1. The molecule has 2 aliphatic rings. The van der Waals surface area contributed by atoms with Crippen LogP contribution in [0, 0.1) is 5.92 Å². The van der Waals surface area contributed by atoms with Gasteiger partial charge in [-0.25, -0.2) is 0 Å². The minimum Gasteiger partial charge on any atom is -0.481 e. The topological polar surface area (TPSA) is 43.8 Å². The lowest BCUT2D eigenvalue weighted by atomic mass is 9.99. The van der Waals surface area contributed by atoms with Crippen LogP contribution in [0.1, 0.15) is 30.9 Å². The van der Waals surface area contributed by atoms with Gasteiger partial charge < -0.3 is 10.0 Å². The van der Waals surface area contributed by atoms with E-state index in [9.17, 15) is 9.90 Å². The summed E-state index contributed by atoms with van der Waals surface area (Å²) in [5, 5.41) is 9.22. The van der Waals surface area contributed by atoms with Crippen molar-refractivity contribution in [1.82, 2.24) is 4.90 Å². The zero-order valence-corrected chi connectivity index (χ0v) is 12.9. The van der Waals surface area contributed by atoms with E-state index in [0.717, 1.165) is 32.5 Å². The van der Waals surface area contributed by atoms with Gasteiger partial charge in [0.15, 0.2) is 0 Å². The molecule has 2 atom stereocenters. The van der Waals surface area contributed by atoms with Gasteiger partial charge in [-0.2, -0.15) is 0 Å². The number of carboxylic acids is 1. The second kappa shape index (κ2) is 5.68. The Bertz CT molecular complexity index is 544. The van der Waals surface area contributed by atoms with Crippen molar-refractivity contribution >= 4 is 11.7 Å². The van der Waals surface area contributed by atoms with Crippen LogP contribution in [0.4, 0.5) is 5.69 Å². The van der Waals surface area contributed by atoms with E-state index in [1.807, 2.05) is 6.92 Å². The molecule has 0 aromatic heterocycles. The quantitative estimate of drug-likeness (QED) is 0.927. The summed E-state index contributed by atoms with van der Waals surface area (Å²) >= 11 is 0. The zero-order chi connectivity index (χ0) is 15.0. The third kappa shape index (κ3) is 2.77. The van der Waals surface area contributed by atoms with E-state index < -0.39 is 5.97 Å². The number of nitrogens with zero attached hydrogens (tertiary/aromatic N) is 2. The van der Waals surface area contributed by atoms with Crippen molar-refractivity contribution in [2.75, 3.05) is 25.0 Å². The predicted molar refractivity (Wildman–Crippen MR) is 83.6 cm³/mol. The van der Waals surface area contributed by atoms with Gasteiger partial charge in [0.25, 0.3) is 0 Å². The van der Waals surface area contributed by atoms with Crippen molar-refractivity contribution in [3.8, 4) is 0 Å². The van der Waals surface area contributed by atoms with Crippen molar-refractivity contribution in [1.29, 1.82) is 0 Å². The van der Waals surface area contributed by atoms with Crippen LogP contribution in [0.3, 0.4) is 0 Å². The summed E-state index contributed by atoms with van der Waals surface area (Å²) in [6.07, 6.45) is 3.14. The second-order valence-electron chi connectivity index (χ2n) is 6.43. The van der Waals surface area contributed by atoms with E-state index in [1.54, 1.807) is 0 Å². The van der Waals surface area contributed by atoms with E-state index in [2.05, 4.69) is 35.0 Å². The number of likely N-dealkylation sites (tertiary alicyclic amines) is 1. The SMILES string of the molecule is CC1C(C(=O)O)CCN1Cc1ccc2c(c1)CCCN2C. The highest BCUT2D eigenvalue weighted by atomic mass is 16.4. The molecule has 3 rings (SSSR count). The number of carbonyl (C=O) groups is 1. The Balaban J connectivity index is 1.73. The molecule has 0 saturated carbocycles. The van der Waals surface area contributed by atoms with Crippen molar-refractivity contribution in [3.05, 3.63) is 29.3 Å². The van der Waals surface area contributed by atoms with Gasteiger partial charge in [0.2, 0.25) is 0 Å². The normalized spacial score (nSPS) is 25.9. The molecule has 0 spiro atoms. The number of aliphatic carboxylic acids is 1. The first kappa shape index (κ1) is 14.4. The van der Waals surface area contributed by atoms with Crippen molar-refractivity contribution < 1.29 is 9.90 Å². The molecule has 2 unspecified atom stereocenters. The molecule has 0 bridgehead atoms. The first-order valence-electron chi connectivity index (χ1n) is 7.86. The van der Waals surface area contributed by atoms with Gasteiger partial charge in [0, 0.05) is 31.9 Å². The summed E-state index contributed by atoms with van der Waals surface area (Å²) in [4.78, 5) is 15.8. The highest BCUT2D eigenvalue weighted by Crippen LogP contribution is 2.30. The average molecular weight is 288 g/mol. The van der Waals surface area contributed by atoms with E-state index in [0.29, 0.717) is 0 Å². The van der Waals surface area contributed by atoms with Gasteiger partial charge in [0.05, 0.1) is 5.92 Å². The maximum absolute atomic E-state index is 11.2. The van der Waals surface area contributed by atoms with Gasteiger partial charge >= 0.3 is 5.97 Å². The average Bonchev–Trinajstić information content (AvgIpc) is 2.80. The zero-order valence-electron chi connectivity index (χ0n) is 12.9. The van der Waals surface area contributed by atoms with Crippen LogP contribution in [0.25, 0.3) is 0 Å². The number of hydrogen-bond donors (Lipinski definition) is 1. The predicted octanol–water partition coefficient (Wildman–Crippen LogP) is 2.36. The van der Waals surface area contributed by atoms with Gasteiger partial charge in [-0.05, 0) is 49.9 Å². The fraction of sp³-hybridized carbons (Fsp3) is 0.588. The molecule has 114 valence electrons. The molecule has 4 heteroatoms. The molecule has 2 aliphatic heterocycles. The number of rotatable bonds is 3. The third-order valence-electron chi connectivity index (χ3n) is 5.08. The summed E-state index contributed by atoms with van der Waals surface area (Å²) in [6.45, 7) is 4.92. The summed E-state index contributed by atoms with van der Waals surface area (Å²) in [5.74, 6) is -0.870. The van der Waals surface area contributed by atoms with Crippen LogP contribution in [0.5, 0.6) is 0 Å². The standard InChI is InChI=1S/C17H24N2O2/c1-12-15(17(20)21)7-9-19(12)11-13-5-6-16-14(10-13)4-3-8-18(16)2/h5-6,10,12,15H,3-4,7-9,11H2,1-2H3,(H,20,21). The fourth-order valence-corrected chi connectivity index (χ4v) is 3.73. The van der Waals surface area contributed by atoms with Gasteiger partial charge in [0.1, 0.15) is 0 Å². The van der Waals surface area contributed by atoms with E-state index >= 15 is 0 Å². The first-order valence-corrected chi connectivity index (χ1v) is 7.86. The molecule has 1 fully saturated rings. The summed E-state index contributed by atoms with van der Waals surface area (Å²) < 4.78 is 0. The van der Waals surface area contributed by atoms with Gasteiger partial charge in [-0.15, -0.1) is 0 Å². The molecule has 0 radical (unpaired) electrons. The third-order valence-corrected chi connectivity index (χ3v) is 5.08. The Morgan fingerprint density at radius 1 is 1.38 bits per heavy atom. The van der Waals surface area contributed by atoms with E-state index in [4.69, 9.17) is 0 Å². The fourth-order valence-electron chi connectivity index (χ4n) is 3.73. The maximum atomic E-state index is 11.2. The summed E-state index contributed by atoms with van der Waals surface area (Å²) in [5.41, 5.74) is 4.09. The molecule has 1 N–H and O–H groups in total. The Morgan fingerprint density at radius 2 is 2.19 bits per heavy atom. The highest BCUT2D eigenvalue weighted by Gasteiger charge is 2.35. The highest BCUT2D eigenvalue weighted by molar-refractivity contribution is 5.71. The summed E-state index contributed by atoms with van der Waals surface area (Å²) in [7, 11) is 2.15. The lowest BCUT2D eigenvalue weighted by Crippen LogP contribution is -2.32. The van der Waals surface area contributed by atoms with Crippen LogP contribution in [-0.2, 0) is 17.8 Å². The number of benzene rings is 1. The Hall–Kier alpha value is -1.55. The molecule has 1 saturated heterocycles. The lowest BCUT2D eigenvalue weighted by molar-refractivity contribution is -0.142. The van der Waals surface area contributed by atoms with E-state index in [-0.39, 0.29) is 12.0 Å². The van der Waals surface area contributed by atoms with Crippen LogP contribution >= 0.6 is 0 Å². The largest absolute Gasteiger partial charge is 0.481 e. The van der Waals surface area contributed by atoms with Crippen molar-refractivity contribution in [2.45, 2.75) is 38.8 Å². The van der Waals surface area contributed by atoms with Crippen molar-refractivity contribution in [3.63, 3.8) is 0 Å². The van der Waals surface area contributed by atoms with Gasteiger partial charge in [-0.3, -0.25) is 9.69 Å². The number of fused-ring (bicyclic) bond motifs is 1. The van der Waals surface area contributed by atoms with Crippen LogP contribution in [0.2, 0.25) is 0 Å². The number of hydrogen-bond acceptors (Lipinski definition) is 3. The molecule has 4 nitrogen and oxygen atoms in total. The van der Waals surface area contributed by atoms with E-state index in [1.165, 1.54) is 23.2 Å². The molecule has 1 aromatic rings. The maximum Gasteiger partial charge on any atom is 0.308 e. The second-order valence-corrected chi connectivity index (χ2v) is 6.43. The minimum atomic E-state index is -0.655. The molecular weight excluding hydrogens is 264 g/mol. The molecule has 21 heavy (non-hydrogen) atoms. The molecule has 1 aromatic carbocycles. The van der Waals surface area contributed by atoms with Crippen LogP contribution in [0.15, 0.2) is 18.2 Å². The molecular formula is C17H24N2O2. The first-order chi connectivity index (χ1) is 10.1. The molecule has 0 aliphatic carbocycles. The minimum absolute atomic E-state index is 0.126. The lowest BCUT2D eigenvalue weighted by Gasteiger charge is -2.29. The summed E-state index contributed by atoms with van der Waals surface area (Å²) in [6, 6.07) is 6.85. The van der Waals surface area contributed by atoms with Crippen LogP contribution in [-0.4, -0.2) is 42.2 Å². The Labute approximate surface area is 126 Å². The van der Waals surface area contributed by atoms with Crippen molar-refractivity contribution in [2.24, 2.45) is 5.92 Å². The smallest absolute Gasteiger partial charge is 0.308 e. The Kier molecular flexibility index (Phi) is 3.89. The monoisotopic (exact) mass is 288 g/mol. The van der Waals surface area contributed by atoms with Gasteiger partial charge in [-0.1, -0.05) is 12.1 Å².